The standard InChI is InChI=1S/C28H28N8O2S/c1-4-7-25-30-27-18(2)14-21(29-26(39-3)17-36(37)38)15-24(27)35(25)16-19-10-12-20(13-11-19)22-8-5-6-9-23(22)28-31-33-34-32-28/h5-6,8-15H,4,7,16-17H2,1-3H3,(H,31,32,33,34). The minimum Gasteiger partial charge on any atom is -0.323 e. The van der Waals surface area contributed by atoms with Gasteiger partial charge in [-0.25, -0.2) is 9.98 Å². The Labute approximate surface area is 229 Å². The number of fused-ring (bicyclic) bond motifs is 1. The number of H-pyrrole nitrogens is 1. The number of nitrogens with one attached hydrogen (secondary N) is 1. The first kappa shape index (κ1) is 26.2. The maximum atomic E-state index is 11.1. The van der Waals surface area contributed by atoms with Gasteiger partial charge in [0, 0.05) is 23.5 Å². The number of thioether (sulfide) groups is 1. The average Bonchev–Trinajstić information content (AvgIpc) is 3.58. The molecule has 198 valence electrons. The van der Waals surface area contributed by atoms with Crippen molar-refractivity contribution in [3.8, 4) is 22.5 Å². The smallest absolute Gasteiger partial charge is 0.251 e. The number of tetrazole rings is 1. The number of aryl methyl sites for hydroxylation is 2. The molecule has 5 rings (SSSR count). The zero-order valence-corrected chi connectivity index (χ0v) is 22.8. The maximum absolute atomic E-state index is 11.1. The number of nitro groups is 1. The predicted octanol–water partition coefficient (Wildman–Crippen LogP) is 5.86. The van der Waals surface area contributed by atoms with Crippen LogP contribution in [0, 0.1) is 17.0 Å². The van der Waals surface area contributed by atoms with Gasteiger partial charge < -0.3 is 4.57 Å². The summed E-state index contributed by atoms with van der Waals surface area (Å²) in [6.07, 6.45) is 3.63. The van der Waals surface area contributed by atoms with E-state index in [1.807, 2.05) is 43.5 Å². The molecule has 0 unspecified atom stereocenters. The van der Waals surface area contributed by atoms with Crippen LogP contribution in [-0.4, -0.2) is 52.9 Å². The van der Waals surface area contributed by atoms with Crippen molar-refractivity contribution in [2.45, 2.75) is 33.2 Å². The number of nitrogens with zero attached hydrogens (tertiary/aromatic N) is 7. The number of hydrogen-bond acceptors (Lipinski definition) is 8. The highest BCUT2D eigenvalue weighted by molar-refractivity contribution is 8.13. The highest BCUT2D eigenvalue weighted by Gasteiger charge is 2.16. The molecule has 39 heavy (non-hydrogen) atoms. The van der Waals surface area contributed by atoms with Crippen molar-refractivity contribution < 1.29 is 4.92 Å². The summed E-state index contributed by atoms with van der Waals surface area (Å²) in [5.74, 6) is 1.57. The molecule has 5 aromatic rings. The molecule has 0 fully saturated rings. The summed E-state index contributed by atoms with van der Waals surface area (Å²) in [5.41, 5.74) is 7.75. The highest BCUT2D eigenvalue weighted by Crippen LogP contribution is 2.31. The molecule has 2 heterocycles. The minimum atomic E-state index is -0.353. The minimum absolute atomic E-state index is 0.291. The Bertz CT molecular complexity index is 1640. The third kappa shape index (κ3) is 5.73. The Kier molecular flexibility index (Phi) is 7.78. The second kappa shape index (κ2) is 11.6. The summed E-state index contributed by atoms with van der Waals surface area (Å²) in [6.45, 7) is 4.51. The molecule has 0 aliphatic carbocycles. The molecule has 0 spiro atoms. The van der Waals surface area contributed by atoms with E-state index in [0.717, 1.165) is 57.5 Å². The SMILES string of the molecule is CCCc1nc2c(C)cc(N=C(C[N+](=O)[O-])SC)cc2n1Cc1ccc(-c2ccccc2-c2nn[nH]n2)cc1. The molecule has 1 N–H and O–H groups in total. The Hall–Kier alpha value is -4.38. The van der Waals surface area contributed by atoms with Crippen molar-refractivity contribution in [2.75, 3.05) is 12.8 Å². The Morgan fingerprint density at radius 1 is 1.13 bits per heavy atom. The van der Waals surface area contributed by atoms with E-state index in [9.17, 15) is 10.1 Å². The number of aliphatic imine (C=N–C) groups is 1. The fourth-order valence-corrected chi connectivity index (χ4v) is 5.09. The van der Waals surface area contributed by atoms with E-state index in [0.29, 0.717) is 23.1 Å². The molecule has 0 radical (unpaired) electrons. The molecule has 0 saturated carbocycles. The van der Waals surface area contributed by atoms with Gasteiger partial charge in [0.05, 0.1) is 16.7 Å². The van der Waals surface area contributed by atoms with E-state index >= 15 is 0 Å². The molecule has 0 bridgehead atoms. The first-order chi connectivity index (χ1) is 19.0. The van der Waals surface area contributed by atoms with Crippen LogP contribution in [0.4, 0.5) is 5.69 Å². The van der Waals surface area contributed by atoms with E-state index in [-0.39, 0.29) is 11.5 Å². The summed E-state index contributed by atoms with van der Waals surface area (Å²) in [6, 6.07) is 20.4. The van der Waals surface area contributed by atoms with Crippen LogP contribution in [0.1, 0.15) is 30.3 Å². The van der Waals surface area contributed by atoms with Crippen LogP contribution < -0.4 is 0 Å². The van der Waals surface area contributed by atoms with Crippen molar-refractivity contribution in [2.24, 2.45) is 4.99 Å². The van der Waals surface area contributed by atoms with Gasteiger partial charge in [-0.3, -0.25) is 10.1 Å². The quantitative estimate of drug-likeness (QED) is 0.107. The van der Waals surface area contributed by atoms with Crippen LogP contribution in [0.2, 0.25) is 0 Å². The lowest BCUT2D eigenvalue weighted by Gasteiger charge is -2.12. The topological polar surface area (TPSA) is 128 Å². The van der Waals surface area contributed by atoms with Gasteiger partial charge in [0.1, 0.15) is 10.9 Å². The van der Waals surface area contributed by atoms with Gasteiger partial charge in [0.2, 0.25) is 5.82 Å². The first-order valence-electron chi connectivity index (χ1n) is 12.6. The molecule has 3 aromatic carbocycles. The summed E-state index contributed by atoms with van der Waals surface area (Å²) in [5, 5.41) is 26.0. The monoisotopic (exact) mass is 540 g/mol. The molecule has 2 aromatic heterocycles. The van der Waals surface area contributed by atoms with E-state index in [2.05, 4.69) is 67.4 Å². The molecule has 11 heteroatoms. The maximum Gasteiger partial charge on any atom is 0.251 e. The molecule has 0 aliphatic rings. The fraction of sp³-hybridized carbons (Fsp3) is 0.250. The predicted molar refractivity (Wildman–Crippen MR) is 155 cm³/mol. The van der Waals surface area contributed by atoms with Gasteiger partial charge in [0.15, 0.2) is 0 Å². The van der Waals surface area contributed by atoms with Crippen molar-refractivity contribution in [1.82, 2.24) is 30.2 Å². The van der Waals surface area contributed by atoms with Crippen LogP contribution in [0.3, 0.4) is 0 Å². The third-order valence-electron chi connectivity index (χ3n) is 6.45. The average molecular weight is 541 g/mol. The van der Waals surface area contributed by atoms with Gasteiger partial charge >= 0.3 is 0 Å². The summed E-state index contributed by atoms with van der Waals surface area (Å²) in [4.78, 5) is 20.3. The Morgan fingerprint density at radius 2 is 1.90 bits per heavy atom. The molecular weight excluding hydrogens is 512 g/mol. The molecule has 10 nitrogen and oxygen atoms in total. The molecule has 0 aliphatic heterocycles. The van der Waals surface area contributed by atoms with Crippen LogP contribution in [-0.2, 0) is 13.0 Å². The van der Waals surface area contributed by atoms with Crippen LogP contribution >= 0.6 is 11.8 Å². The second-order valence-electron chi connectivity index (χ2n) is 9.17. The zero-order chi connectivity index (χ0) is 27.4. The summed E-state index contributed by atoms with van der Waals surface area (Å²) < 4.78 is 2.24. The number of aromatic amines is 1. The molecular formula is C28H28N8O2S. The largest absolute Gasteiger partial charge is 0.323 e. The first-order valence-corrected chi connectivity index (χ1v) is 13.8. The van der Waals surface area contributed by atoms with Crippen LogP contribution in [0.15, 0.2) is 65.7 Å². The number of aromatic nitrogens is 6. The van der Waals surface area contributed by atoms with Gasteiger partial charge in [-0.15, -0.1) is 22.0 Å². The molecule has 0 saturated heterocycles. The van der Waals surface area contributed by atoms with E-state index in [1.165, 1.54) is 11.8 Å². The van der Waals surface area contributed by atoms with Crippen molar-refractivity contribution in [3.05, 3.63) is 87.7 Å². The number of imidazole rings is 1. The van der Waals surface area contributed by atoms with Gasteiger partial charge in [-0.2, -0.15) is 5.21 Å². The van der Waals surface area contributed by atoms with E-state index in [4.69, 9.17) is 4.98 Å². The molecule has 0 amide bonds. The zero-order valence-electron chi connectivity index (χ0n) is 22.0. The Morgan fingerprint density at radius 3 is 2.56 bits per heavy atom. The van der Waals surface area contributed by atoms with Gasteiger partial charge in [-0.1, -0.05) is 55.5 Å². The normalized spacial score (nSPS) is 11.8. The summed E-state index contributed by atoms with van der Waals surface area (Å²) >= 11 is 1.30. The van der Waals surface area contributed by atoms with Crippen LogP contribution in [0.5, 0.6) is 0 Å². The van der Waals surface area contributed by atoms with Crippen LogP contribution in [0.25, 0.3) is 33.5 Å². The van der Waals surface area contributed by atoms with Gasteiger partial charge in [-0.05, 0) is 59.2 Å². The number of rotatable bonds is 9. The molecule has 0 atom stereocenters. The van der Waals surface area contributed by atoms with E-state index < -0.39 is 0 Å². The fourth-order valence-electron chi connectivity index (χ4n) is 4.66. The Balaban J connectivity index is 1.51. The van der Waals surface area contributed by atoms with Crippen molar-refractivity contribution in [3.63, 3.8) is 0 Å². The lowest BCUT2D eigenvalue weighted by molar-refractivity contribution is -0.462. The lowest BCUT2D eigenvalue weighted by Crippen LogP contribution is -2.09. The van der Waals surface area contributed by atoms with E-state index in [1.54, 1.807) is 0 Å². The van der Waals surface area contributed by atoms with Crippen molar-refractivity contribution >= 4 is 33.5 Å². The summed E-state index contributed by atoms with van der Waals surface area (Å²) in [7, 11) is 0. The third-order valence-corrected chi connectivity index (χ3v) is 7.15. The highest BCUT2D eigenvalue weighted by atomic mass is 32.2. The van der Waals surface area contributed by atoms with Crippen molar-refractivity contribution in [1.29, 1.82) is 0 Å². The second-order valence-corrected chi connectivity index (χ2v) is 10.1. The number of hydrogen-bond donors (Lipinski definition) is 1. The van der Waals surface area contributed by atoms with Gasteiger partial charge in [0.25, 0.3) is 6.54 Å². The lowest BCUT2D eigenvalue weighted by atomic mass is 9.98. The number of benzene rings is 3.